The number of nitrogens with zero attached hydrogens (tertiary/aromatic N) is 1. The smallest absolute Gasteiger partial charge is 0.160 e. The van der Waals surface area contributed by atoms with E-state index in [2.05, 4.69) is 11.0 Å². The summed E-state index contributed by atoms with van der Waals surface area (Å²) in [4.78, 5) is 2.58. The van der Waals surface area contributed by atoms with Gasteiger partial charge in [0.25, 0.3) is 0 Å². The predicted octanol–water partition coefficient (Wildman–Crippen LogP) is 2.59. The van der Waals surface area contributed by atoms with Gasteiger partial charge in [0, 0.05) is 26.6 Å². The minimum atomic E-state index is -0.0732. The number of methoxy groups -OCH3 is 2. The lowest BCUT2D eigenvalue weighted by molar-refractivity contribution is 0.0290. The second-order valence-corrected chi connectivity index (χ2v) is 6.56. The normalized spacial score (nSPS) is 30.3. The zero-order valence-electron chi connectivity index (χ0n) is 13.3. The zero-order valence-corrected chi connectivity index (χ0v) is 13.3. The SMILES string of the molecule is COc1cc2c(cc1O)C13C[C@@H](OC)CC=C1CCN3CC2. The minimum absolute atomic E-state index is 0.0732. The molecule has 1 unspecified atom stereocenters. The number of aromatic hydroxyl groups is 1. The van der Waals surface area contributed by atoms with Crippen molar-refractivity contribution in [2.45, 2.75) is 37.3 Å². The zero-order chi connectivity index (χ0) is 15.3. The number of hydrogen-bond donors (Lipinski definition) is 1. The summed E-state index contributed by atoms with van der Waals surface area (Å²) in [6.07, 6.45) is 6.74. The number of hydrogen-bond acceptors (Lipinski definition) is 4. The summed E-state index contributed by atoms with van der Waals surface area (Å²) in [5.41, 5.74) is 3.99. The Balaban J connectivity index is 1.90. The Morgan fingerprint density at radius 3 is 2.82 bits per heavy atom. The van der Waals surface area contributed by atoms with Gasteiger partial charge >= 0.3 is 0 Å². The van der Waals surface area contributed by atoms with E-state index in [0.717, 1.165) is 38.8 Å². The van der Waals surface area contributed by atoms with Crippen LogP contribution in [0.5, 0.6) is 11.5 Å². The molecule has 2 atom stereocenters. The molecule has 1 aromatic carbocycles. The molecule has 4 rings (SSSR count). The Kier molecular flexibility index (Phi) is 3.20. The highest BCUT2D eigenvalue weighted by Gasteiger charge is 2.51. The van der Waals surface area contributed by atoms with E-state index in [9.17, 15) is 5.11 Å². The van der Waals surface area contributed by atoms with Crippen LogP contribution in [0, 0.1) is 0 Å². The van der Waals surface area contributed by atoms with Crippen molar-refractivity contribution in [3.8, 4) is 11.5 Å². The van der Waals surface area contributed by atoms with Gasteiger partial charge in [-0.15, -0.1) is 0 Å². The average Bonchev–Trinajstić information content (AvgIpc) is 2.93. The van der Waals surface area contributed by atoms with E-state index >= 15 is 0 Å². The van der Waals surface area contributed by atoms with Crippen LogP contribution >= 0.6 is 0 Å². The Labute approximate surface area is 131 Å². The third kappa shape index (κ3) is 1.77. The van der Waals surface area contributed by atoms with Crippen molar-refractivity contribution in [1.82, 2.24) is 4.90 Å². The van der Waals surface area contributed by atoms with Gasteiger partial charge in [-0.3, -0.25) is 4.90 Å². The van der Waals surface area contributed by atoms with Crippen LogP contribution in [0.4, 0.5) is 0 Å². The van der Waals surface area contributed by atoms with E-state index < -0.39 is 0 Å². The molecule has 3 aliphatic rings. The Morgan fingerprint density at radius 2 is 2.05 bits per heavy atom. The monoisotopic (exact) mass is 301 g/mol. The van der Waals surface area contributed by atoms with Crippen LogP contribution in [-0.2, 0) is 16.7 Å². The number of fused-ring (bicyclic) bond motifs is 1. The van der Waals surface area contributed by atoms with Crippen LogP contribution in [0.2, 0.25) is 0 Å². The molecular formula is C18H23NO3. The molecule has 4 nitrogen and oxygen atoms in total. The van der Waals surface area contributed by atoms with Crippen LogP contribution in [0.1, 0.15) is 30.4 Å². The molecule has 1 fully saturated rings. The van der Waals surface area contributed by atoms with E-state index in [1.807, 2.05) is 12.1 Å². The quantitative estimate of drug-likeness (QED) is 0.853. The Hall–Kier alpha value is -1.52. The molecule has 2 heterocycles. The fourth-order valence-electron chi connectivity index (χ4n) is 4.63. The van der Waals surface area contributed by atoms with Gasteiger partial charge in [-0.2, -0.15) is 0 Å². The van der Waals surface area contributed by atoms with Crippen LogP contribution in [0.3, 0.4) is 0 Å². The molecule has 0 saturated carbocycles. The van der Waals surface area contributed by atoms with Crippen molar-refractivity contribution in [3.05, 3.63) is 34.9 Å². The first-order valence-electron chi connectivity index (χ1n) is 8.06. The minimum Gasteiger partial charge on any atom is -0.504 e. The van der Waals surface area contributed by atoms with E-state index in [-0.39, 0.29) is 17.4 Å². The van der Waals surface area contributed by atoms with Gasteiger partial charge in [0.15, 0.2) is 11.5 Å². The van der Waals surface area contributed by atoms with Gasteiger partial charge in [-0.05, 0) is 48.1 Å². The molecule has 22 heavy (non-hydrogen) atoms. The van der Waals surface area contributed by atoms with E-state index in [0.29, 0.717) is 5.75 Å². The average molecular weight is 301 g/mol. The van der Waals surface area contributed by atoms with Gasteiger partial charge in [0.05, 0.1) is 18.8 Å². The summed E-state index contributed by atoms with van der Waals surface area (Å²) in [6.45, 7) is 2.17. The predicted molar refractivity (Wildman–Crippen MR) is 84.3 cm³/mol. The maximum atomic E-state index is 10.3. The second kappa shape index (κ2) is 5.00. The third-order valence-corrected chi connectivity index (χ3v) is 5.71. The van der Waals surface area contributed by atoms with Crippen LogP contribution in [0.25, 0.3) is 0 Å². The number of rotatable bonds is 2. The van der Waals surface area contributed by atoms with E-state index in [1.165, 1.54) is 16.7 Å². The standard InChI is InChI=1S/C18H23NO3/c1-21-14-4-3-13-6-8-19-7-5-12-9-17(22-2)16(20)10-15(12)18(13,19)11-14/h3,9-10,14,20H,4-8,11H2,1-2H3/t14-,18?/m0/s1. The van der Waals surface area contributed by atoms with Crippen molar-refractivity contribution >= 4 is 0 Å². The van der Waals surface area contributed by atoms with Gasteiger partial charge < -0.3 is 14.6 Å². The summed E-state index contributed by atoms with van der Waals surface area (Å²) >= 11 is 0. The van der Waals surface area contributed by atoms with Crippen molar-refractivity contribution < 1.29 is 14.6 Å². The first-order valence-corrected chi connectivity index (χ1v) is 8.06. The topological polar surface area (TPSA) is 41.9 Å². The fraction of sp³-hybridized carbons (Fsp3) is 0.556. The van der Waals surface area contributed by atoms with E-state index in [1.54, 1.807) is 14.2 Å². The lowest BCUT2D eigenvalue weighted by Crippen LogP contribution is -2.50. The molecule has 118 valence electrons. The lowest BCUT2D eigenvalue weighted by Gasteiger charge is -2.48. The van der Waals surface area contributed by atoms with Crippen LogP contribution < -0.4 is 4.74 Å². The first kappa shape index (κ1) is 14.1. The van der Waals surface area contributed by atoms with Crippen LogP contribution in [-0.4, -0.2) is 43.4 Å². The van der Waals surface area contributed by atoms with Crippen molar-refractivity contribution in [1.29, 1.82) is 0 Å². The molecule has 0 radical (unpaired) electrons. The summed E-state index contributed by atoms with van der Waals surface area (Å²) < 4.78 is 11.0. The van der Waals surface area contributed by atoms with Crippen molar-refractivity contribution in [2.24, 2.45) is 0 Å². The maximum Gasteiger partial charge on any atom is 0.160 e. The highest BCUT2D eigenvalue weighted by molar-refractivity contribution is 5.54. The molecule has 1 N–H and O–H groups in total. The molecule has 1 aliphatic carbocycles. The molecule has 0 amide bonds. The van der Waals surface area contributed by atoms with E-state index in [4.69, 9.17) is 9.47 Å². The molecule has 0 bridgehead atoms. The molecule has 2 aliphatic heterocycles. The molecular weight excluding hydrogens is 278 g/mol. The highest BCUT2D eigenvalue weighted by atomic mass is 16.5. The molecule has 1 aromatic rings. The maximum absolute atomic E-state index is 10.3. The summed E-state index contributed by atoms with van der Waals surface area (Å²) in [7, 11) is 3.41. The third-order valence-electron chi connectivity index (χ3n) is 5.71. The Morgan fingerprint density at radius 1 is 1.23 bits per heavy atom. The van der Waals surface area contributed by atoms with Crippen molar-refractivity contribution in [2.75, 3.05) is 27.3 Å². The lowest BCUT2D eigenvalue weighted by atomic mass is 9.71. The fourth-order valence-corrected chi connectivity index (χ4v) is 4.63. The number of benzene rings is 1. The van der Waals surface area contributed by atoms with Gasteiger partial charge in [-0.25, -0.2) is 0 Å². The first-order chi connectivity index (χ1) is 10.7. The molecule has 1 saturated heterocycles. The Bertz CT molecular complexity index is 639. The molecule has 1 spiro atoms. The summed E-state index contributed by atoms with van der Waals surface area (Å²) in [5, 5.41) is 10.3. The van der Waals surface area contributed by atoms with Crippen molar-refractivity contribution in [3.63, 3.8) is 0 Å². The second-order valence-electron chi connectivity index (χ2n) is 6.56. The summed E-state index contributed by atoms with van der Waals surface area (Å²) in [5.74, 6) is 0.814. The number of phenolic OH excluding ortho intramolecular Hbond substituents is 1. The summed E-state index contributed by atoms with van der Waals surface area (Å²) in [6, 6.07) is 3.95. The molecule has 4 heteroatoms. The van der Waals surface area contributed by atoms with Crippen LogP contribution in [0.15, 0.2) is 23.8 Å². The number of phenols is 1. The molecule has 0 aromatic heterocycles. The van der Waals surface area contributed by atoms with Gasteiger partial charge in [-0.1, -0.05) is 6.08 Å². The van der Waals surface area contributed by atoms with Gasteiger partial charge in [0.1, 0.15) is 0 Å². The highest BCUT2D eigenvalue weighted by Crippen LogP contribution is 2.54. The largest absolute Gasteiger partial charge is 0.504 e. The number of ether oxygens (including phenoxy) is 2. The van der Waals surface area contributed by atoms with Gasteiger partial charge in [0.2, 0.25) is 0 Å².